The van der Waals surface area contributed by atoms with Crippen molar-refractivity contribution in [1.29, 1.82) is 0 Å². The zero-order chi connectivity index (χ0) is 31.7. The van der Waals surface area contributed by atoms with Crippen molar-refractivity contribution in [3.8, 4) is 5.69 Å². The van der Waals surface area contributed by atoms with E-state index in [0.717, 1.165) is 17.7 Å². The molecule has 4 aromatic rings. The Hall–Kier alpha value is -4.17. The summed E-state index contributed by atoms with van der Waals surface area (Å²) in [7, 11) is -2.37. The van der Waals surface area contributed by atoms with Crippen LogP contribution in [0.1, 0.15) is 59.4 Å². The molecule has 0 bridgehead atoms. The van der Waals surface area contributed by atoms with Crippen LogP contribution >= 0.6 is 0 Å². The van der Waals surface area contributed by atoms with Crippen molar-refractivity contribution in [3.05, 3.63) is 95.0 Å². The van der Waals surface area contributed by atoms with E-state index < -0.39 is 44.8 Å². The number of nitrogens with zero attached hydrogens (tertiary/aromatic N) is 6. The molecule has 0 unspecified atom stereocenters. The lowest BCUT2D eigenvalue weighted by molar-refractivity contribution is -0.137. The van der Waals surface area contributed by atoms with E-state index in [9.17, 15) is 30.8 Å². The third-order valence-electron chi connectivity index (χ3n) is 8.96. The Balaban J connectivity index is 1.31. The third kappa shape index (κ3) is 5.09. The first-order valence-electron chi connectivity index (χ1n) is 14.5. The largest absolute Gasteiger partial charge is 0.417 e. The molecule has 0 saturated heterocycles. The van der Waals surface area contributed by atoms with E-state index in [2.05, 4.69) is 15.2 Å². The van der Waals surface area contributed by atoms with Gasteiger partial charge in [0.25, 0.3) is 10.0 Å². The summed E-state index contributed by atoms with van der Waals surface area (Å²) in [6, 6.07) is 8.40. The fourth-order valence-corrected chi connectivity index (χ4v) is 8.55. The van der Waals surface area contributed by atoms with Gasteiger partial charge in [0.05, 0.1) is 28.6 Å². The Labute approximate surface area is 256 Å². The highest BCUT2D eigenvalue weighted by atomic mass is 32.2. The quantitative estimate of drug-likeness (QED) is 0.199. The van der Waals surface area contributed by atoms with Gasteiger partial charge in [0.15, 0.2) is 10.8 Å². The molecule has 2 atom stereocenters. The maximum atomic E-state index is 14.5. The zero-order valence-corrected chi connectivity index (χ0v) is 24.9. The van der Waals surface area contributed by atoms with E-state index in [0.29, 0.717) is 48.8 Å². The second-order valence-corrected chi connectivity index (χ2v) is 13.7. The second-order valence-electron chi connectivity index (χ2n) is 11.9. The number of Topliss-reactive ketones (excluding diaryl/α,β-unsaturated/α-hetero) is 1. The number of aryl methyl sites for hydroxylation is 1. The predicted octanol–water partition coefficient (Wildman–Crippen LogP) is 5.37. The van der Waals surface area contributed by atoms with Gasteiger partial charge < -0.3 is 0 Å². The van der Waals surface area contributed by atoms with Crippen LogP contribution in [0.2, 0.25) is 0 Å². The number of sulfonamides is 1. The summed E-state index contributed by atoms with van der Waals surface area (Å²) < 4.78 is 86.0. The maximum Gasteiger partial charge on any atom is 0.417 e. The minimum absolute atomic E-state index is 0.0745. The van der Waals surface area contributed by atoms with Crippen LogP contribution in [0.4, 0.5) is 17.6 Å². The number of alkyl halides is 3. The number of aromatic nitrogens is 5. The van der Waals surface area contributed by atoms with Gasteiger partial charge in [-0.2, -0.15) is 27.7 Å². The Bertz CT molecular complexity index is 1930. The molecule has 2 fully saturated rings. The minimum Gasteiger partial charge on any atom is -0.291 e. The average molecular weight is 641 g/mol. The number of hydrogen-bond donors (Lipinski definition) is 0. The van der Waals surface area contributed by atoms with E-state index in [4.69, 9.17) is 0 Å². The number of hydrogen-bond acceptors (Lipinski definition) is 6. The lowest BCUT2D eigenvalue weighted by atomic mass is 9.60. The van der Waals surface area contributed by atoms with Gasteiger partial charge >= 0.3 is 6.18 Å². The summed E-state index contributed by atoms with van der Waals surface area (Å²) >= 11 is 0. The lowest BCUT2D eigenvalue weighted by Crippen LogP contribution is -2.51. The standard InChI is InChI=1S/C31H28F4N6O3S/c1-39-13-12-28(38-39)45(43,44)41(24-9-10-24)25-6-2-20-14-27-19(17-37-40(27)23-7-4-22(32)5-8-23)15-30(20,16-25)29(42)26-11-3-21(18-36-26)31(33,34)35/h3-5,7-8,11-14,17-18,24-25H,2,6,9-10,15-16H2,1H3/t25-,30-/m0/s1. The van der Waals surface area contributed by atoms with Crippen LogP contribution in [-0.2, 0) is 29.7 Å². The Morgan fingerprint density at radius 1 is 1.02 bits per heavy atom. The molecule has 0 amide bonds. The summed E-state index contributed by atoms with van der Waals surface area (Å²) in [4.78, 5) is 18.4. The maximum absolute atomic E-state index is 14.5. The van der Waals surface area contributed by atoms with E-state index in [1.807, 2.05) is 6.08 Å². The normalized spacial score (nSPS) is 21.7. The molecule has 234 valence electrons. The predicted molar refractivity (Wildman–Crippen MR) is 154 cm³/mol. The topological polar surface area (TPSA) is 103 Å². The highest BCUT2D eigenvalue weighted by Crippen LogP contribution is 2.52. The minimum atomic E-state index is -4.62. The van der Waals surface area contributed by atoms with Crippen molar-refractivity contribution >= 4 is 21.9 Å². The summed E-state index contributed by atoms with van der Waals surface area (Å²) in [5.74, 6) is -0.871. The average Bonchev–Trinajstić information content (AvgIpc) is 3.59. The number of carbonyl (C=O) groups is 1. The lowest BCUT2D eigenvalue weighted by Gasteiger charge is -2.46. The molecular formula is C31H28F4N6O3S. The SMILES string of the molecule is Cn1ccc(S(=O)(=O)N(C2CC2)[C@H]2CCC3=Cc4c(cnn4-c4ccc(F)cc4)C[C@]3(C(=O)c3ccc(C(F)(F)F)cn3)C2)n1. The summed E-state index contributed by atoms with van der Waals surface area (Å²) in [6.07, 6.45) is 3.50. The first-order valence-corrected chi connectivity index (χ1v) is 16.0. The third-order valence-corrected chi connectivity index (χ3v) is 10.9. The fourth-order valence-electron chi connectivity index (χ4n) is 6.69. The van der Waals surface area contributed by atoms with Crippen molar-refractivity contribution in [1.82, 2.24) is 28.9 Å². The zero-order valence-electron chi connectivity index (χ0n) is 24.1. The van der Waals surface area contributed by atoms with Gasteiger partial charge in [0.2, 0.25) is 0 Å². The van der Waals surface area contributed by atoms with Crippen LogP contribution in [0.3, 0.4) is 0 Å². The molecule has 2 saturated carbocycles. The van der Waals surface area contributed by atoms with Crippen LogP contribution in [0.25, 0.3) is 11.8 Å². The van der Waals surface area contributed by atoms with E-state index in [1.165, 1.54) is 27.2 Å². The van der Waals surface area contributed by atoms with E-state index in [1.54, 1.807) is 36.3 Å². The smallest absolute Gasteiger partial charge is 0.291 e. The number of carbonyl (C=O) groups excluding carboxylic acids is 1. The summed E-state index contributed by atoms with van der Waals surface area (Å²) in [5.41, 5.74) is 0.386. The molecule has 0 spiro atoms. The van der Waals surface area contributed by atoms with Crippen molar-refractivity contribution in [2.75, 3.05) is 0 Å². The van der Waals surface area contributed by atoms with Gasteiger partial charge in [-0.15, -0.1) is 0 Å². The van der Waals surface area contributed by atoms with E-state index >= 15 is 0 Å². The molecule has 3 aliphatic carbocycles. The Kier molecular flexibility index (Phi) is 6.85. The van der Waals surface area contributed by atoms with Crippen LogP contribution in [0.15, 0.2) is 71.7 Å². The van der Waals surface area contributed by atoms with Gasteiger partial charge in [-0.05, 0) is 92.6 Å². The number of halogens is 4. The van der Waals surface area contributed by atoms with Gasteiger partial charge in [-0.3, -0.25) is 14.5 Å². The molecule has 0 radical (unpaired) electrons. The number of fused-ring (bicyclic) bond motifs is 2. The van der Waals surface area contributed by atoms with Crippen molar-refractivity contribution < 1.29 is 30.8 Å². The number of allylic oxidation sites excluding steroid dienone is 1. The molecule has 1 aromatic carbocycles. The Morgan fingerprint density at radius 2 is 1.78 bits per heavy atom. The molecule has 3 aliphatic rings. The highest BCUT2D eigenvalue weighted by Gasteiger charge is 2.54. The summed E-state index contributed by atoms with van der Waals surface area (Å²) in [5, 5.41) is 8.59. The van der Waals surface area contributed by atoms with Gasteiger partial charge in [-0.25, -0.2) is 17.5 Å². The van der Waals surface area contributed by atoms with Crippen LogP contribution in [-0.4, -0.2) is 55.1 Å². The van der Waals surface area contributed by atoms with Crippen molar-refractivity contribution in [2.45, 2.75) is 61.8 Å². The molecule has 3 aromatic heterocycles. The molecule has 14 heteroatoms. The highest BCUT2D eigenvalue weighted by molar-refractivity contribution is 7.89. The molecular weight excluding hydrogens is 612 g/mol. The molecule has 0 N–H and O–H groups in total. The number of benzene rings is 1. The van der Waals surface area contributed by atoms with Crippen molar-refractivity contribution in [3.63, 3.8) is 0 Å². The fraction of sp³-hybridized carbons (Fsp3) is 0.355. The van der Waals surface area contributed by atoms with Gasteiger partial charge in [0.1, 0.15) is 11.5 Å². The van der Waals surface area contributed by atoms with Crippen LogP contribution < -0.4 is 0 Å². The van der Waals surface area contributed by atoms with Crippen LogP contribution in [0.5, 0.6) is 0 Å². The number of ketones is 1. The first kappa shape index (κ1) is 29.5. The Morgan fingerprint density at radius 3 is 2.40 bits per heavy atom. The van der Waals surface area contributed by atoms with Gasteiger partial charge in [-0.1, -0.05) is 5.57 Å². The number of rotatable bonds is 7. The second kappa shape index (κ2) is 10.4. The monoisotopic (exact) mass is 640 g/mol. The van der Waals surface area contributed by atoms with E-state index in [-0.39, 0.29) is 29.6 Å². The summed E-state index contributed by atoms with van der Waals surface area (Å²) in [6.45, 7) is 0. The first-order chi connectivity index (χ1) is 21.4. The van der Waals surface area contributed by atoms with Crippen LogP contribution in [0, 0.1) is 11.2 Å². The molecule has 7 rings (SSSR count). The van der Waals surface area contributed by atoms with Gasteiger partial charge in [0, 0.05) is 31.5 Å². The number of pyridine rings is 1. The van der Waals surface area contributed by atoms with Crippen molar-refractivity contribution in [2.24, 2.45) is 12.5 Å². The molecule has 45 heavy (non-hydrogen) atoms. The molecule has 9 nitrogen and oxygen atoms in total. The molecule has 0 aliphatic heterocycles. The molecule has 3 heterocycles.